The lowest BCUT2D eigenvalue weighted by Crippen LogP contribution is -2.13. The second kappa shape index (κ2) is 2.33. The third-order valence-electron chi connectivity index (χ3n) is 3.28. The van der Waals surface area contributed by atoms with Crippen LogP contribution in [0.3, 0.4) is 0 Å². The van der Waals surface area contributed by atoms with Crippen molar-refractivity contribution in [2.75, 3.05) is 13.1 Å². The normalized spacial score (nSPS) is 37.8. The van der Waals surface area contributed by atoms with E-state index in [2.05, 4.69) is 35.6 Å². The van der Waals surface area contributed by atoms with Gasteiger partial charge in [-0.25, -0.2) is 0 Å². The molecule has 2 atom stereocenters. The molecule has 2 unspecified atom stereocenters. The van der Waals surface area contributed by atoms with E-state index in [-0.39, 0.29) is 0 Å². The van der Waals surface area contributed by atoms with Gasteiger partial charge in [0.2, 0.25) is 0 Å². The number of benzene rings is 1. The first-order valence-electron chi connectivity index (χ1n) is 4.72. The second-order valence-electron chi connectivity index (χ2n) is 3.92. The van der Waals surface area contributed by atoms with Crippen molar-refractivity contribution in [3.8, 4) is 0 Å². The van der Waals surface area contributed by atoms with Crippen molar-refractivity contribution >= 4 is 0 Å². The maximum absolute atomic E-state index is 3.42. The Bertz CT molecular complexity index is 270. The van der Waals surface area contributed by atoms with Crippen LogP contribution in [0.4, 0.5) is 0 Å². The summed E-state index contributed by atoms with van der Waals surface area (Å²) in [5.74, 6) is 2.78. The molecule has 0 radical (unpaired) electrons. The van der Waals surface area contributed by atoms with Gasteiger partial charge in [-0.1, -0.05) is 30.3 Å². The molecule has 2 aliphatic rings. The van der Waals surface area contributed by atoms with Crippen LogP contribution in [0.5, 0.6) is 0 Å². The van der Waals surface area contributed by atoms with Gasteiger partial charge in [0.15, 0.2) is 0 Å². The first-order chi connectivity index (χ1) is 5.97. The van der Waals surface area contributed by atoms with Gasteiger partial charge in [0, 0.05) is 0 Å². The number of fused-ring (bicyclic) bond motifs is 1. The first kappa shape index (κ1) is 6.67. The average Bonchev–Trinajstić information content (AvgIpc) is 2.62. The van der Waals surface area contributed by atoms with Gasteiger partial charge in [-0.05, 0) is 36.4 Å². The largest absolute Gasteiger partial charge is 0.316 e. The Morgan fingerprint density at radius 1 is 1.00 bits per heavy atom. The van der Waals surface area contributed by atoms with Crippen molar-refractivity contribution in [3.63, 3.8) is 0 Å². The predicted octanol–water partition coefficient (Wildman–Crippen LogP) is 1.62. The van der Waals surface area contributed by atoms with Crippen LogP contribution < -0.4 is 5.32 Å². The molecule has 0 spiro atoms. The van der Waals surface area contributed by atoms with Crippen LogP contribution in [-0.4, -0.2) is 13.1 Å². The lowest BCUT2D eigenvalue weighted by molar-refractivity contribution is 0.684. The molecule has 1 aliphatic carbocycles. The molecule has 3 rings (SSSR count). The highest BCUT2D eigenvalue weighted by molar-refractivity contribution is 5.30. The van der Waals surface area contributed by atoms with Gasteiger partial charge in [-0.2, -0.15) is 0 Å². The molecular formula is C11H13N. The molecule has 0 amide bonds. The third kappa shape index (κ3) is 0.831. The molecule has 0 bridgehead atoms. The van der Waals surface area contributed by atoms with Crippen molar-refractivity contribution in [1.82, 2.24) is 5.32 Å². The molecule has 2 fully saturated rings. The zero-order valence-corrected chi connectivity index (χ0v) is 7.03. The quantitative estimate of drug-likeness (QED) is 0.656. The first-order valence-corrected chi connectivity index (χ1v) is 4.72. The molecule has 12 heavy (non-hydrogen) atoms. The van der Waals surface area contributed by atoms with Crippen molar-refractivity contribution in [3.05, 3.63) is 35.9 Å². The summed E-state index contributed by atoms with van der Waals surface area (Å²) in [6.45, 7) is 2.48. The zero-order valence-electron chi connectivity index (χ0n) is 7.03. The average molecular weight is 159 g/mol. The van der Waals surface area contributed by atoms with E-state index in [9.17, 15) is 0 Å². The molecule has 1 N–H and O–H groups in total. The number of piperidine rings is 1. The molecule has 1 saturated heterocycles. The van der Waals surface area contributed by atoms with Gasteiger partial charge in [-0.15, -0.1) is 0 Å². The molecule has 1 aliphatic heterocycles. The predicted molar refractivity (Wildman–Crippen MR) is 49.0 cm³/mol. The number of hydrogen-bond donors (Lipinski definition) is 1. The van der Waals surface area contributed by atoms with Crippen LogP contribution in [0, 0.1) is 11.8 Å². The van der Waals surface area contributed by atoms with Gasteiger partial charge < -0.3 is 5.32 Å². The van der Waals surface area contributed by atoms with E-state index < -0.39 is 0 Å². The lowest BCUT2D eigenvalue weighted by Gasteiger charge is -2.03. The Kier molecular flexibility index (Phi) is 1.30. The SMILES string of the molecule is c1ccc(C2C3CNCC32)cc1. The summed E-state index contributed by atoms with van der Waals surface area (Å²) in [6.07, 6.45) is 0. The maximum Gasteiger partial charge on any atom is -0.00111 e. The Labute approximate surface area is 72.8 Å². The Balaban J connectivity index is 1.85. The summed E-state index contributed by atoms with van der Waals surface area (Å²) in [4.78, 5) is 0. The van der Waals surface area contributed by atoms with Crippen molar-refractivity contribution in [2.24, 2.45) is 11.8 Å². The van der Waals surface area contributed by atoms with E-state index >= 15 is 0 Å². The molecule has 1 aromatic carbocycles. The fourth-order valence-corrected chi connectivity index (χ4v) is 2.59. The standard InChI is InChI=1S/C11H13N/c1-2-4-8(5-3-1)11-9-6-12-7-10(9)11/h1-5,9-12H,6-7H2. The minimum absolute atomic E-state index is 0.882. The summed E-state index contributed by atoms with van der Waals surface area (Å²) >= 11 is 0. The molecule has 1 aromatic rings. The minimum Gasteiger partial charge on any atom is -0.316 e. The van der Waals surface area contributed by atoms with E-state index in [1.807, 2.05) is 0 Å². The van der Waals surface area contributed by atoms with E-state index in [0.717, 1.165) is 17.8 Å². The van der Waals surface area contributed by atoms with Gasteiger partial charge in [-0.3, -0.25) is 0 Å². The highest BCUT2D eigenvalue weighted by Crippen LogP contribution is 2.55. The fourth-order valence-electron chi connectivity index (χ4n) is 2.59. The Morgan fingerprint density at radius 3 is 2.33 bits per heavy atom. The Hall–Kier alpha value is -0.820. The number of rotatable bonds is 1. The van der Waals surface area contributed by atoms with Crippen LogP contribution in [0.1, 0.15) is 11.5 Å². The second-order valence-corrected chi connectivity index (χ2v) is 3.92. The van der Waals surface area contributed by atoms with Crippen LogP contribution in [0.2, 0.25) is 0 Å². The molecular weight excluding hydrogens is 146 g/mol. The summed E-state index contributed by atoms with van der Waals surface area (Å²) in [5, 5.41) is 3.42. The number of hydrogen-bond acceptors (Lipinski definition) is 1. The summed E-state index contributed by atoms with van der Waals surface area (Å²) in [6, 6.07) is 10.9. The summed E-state index contributed by atoms with van der Waals surface area (Å²) in [7, 11) is 0. The molecule has 0 aromatic heterocycles. The molecule has 1 saturated carbocycles. The fraction of sp³-hybridized carbons (Fsp3) is 0.455. The molecule has 62 valence electrons. The van der Waals surface area contributed by atoms with E-state index in [1.165, 1.54) is 13.1 Å². The highest BCUT2D eigenvalue weighted by atomic mass is 15.0. The van der Waals surface area contributed by atoms with Gasteiger partial charge >= 0.3 is 0 Å². The van der Waals surface area contributed by atoms with E-state index in [1.54, 1.807) is 5.56 Å². The molecule has 1 nitrogen and oxygen atoms in total. The third-order valence-corrected chi connectivity index (χ3v) is 3.28. The van der Waals surface area contributed by atoms with Gasteiger partial charge in [0.05, 0.1) is 0 Å². The van der Waals surface area contributed by atoms with Crippen molar-refractivity contribution in [2.45, 2.75) is 5.92 Å². The van der Waals surface area contributed by atoms with Crippen LogP contribution in [-0.2, 0) is 0 Å². The zero-order chi connectivity index (χ0) is 7.97. The highest BCUT2D eigenvalue weighted by Gasteiger charge is 2.53. The Morgan fingerprint density at radius 2 is 1.67 bits per heavy atom. The maximum atomic E-state index is 3.42. The molecule has 1 heteroatoms. The van der Waals surface area contributed by atoms with Crippen LogP contribution >= 0.6 is 0 Å². The smallest absolute Gasteiger partial charge is 0.00111 e. The molecule has 1 heterocycles. The van der Waals surface area contributed by atoms with Crippen molar-refractivity contribution in [1.29, 1.82) is 0 Å². The van der Waals surface area contributed by atoms with Crippen LogP contribution in [0.15, 0.2) is 30.3 Å². The topological polar surface area (TPSA) is 12.0 Å². The van der Waals surface area contributed by atoms with Crippen LogP contribution in [0.25, 0.3) is 0 Å². The minimum atomic E-state index is 0.882. The summed E-state index contributed by atoms with van der Waals surface area (Å²) in [5.41, 5.74) is 1.55. The van der Waals surface area contributed by atoms with Crippen molar-refractivity contribution < 1.29 is 0 Å². The lowest BCUT2D eigenvalue weighted by atomic mass is 10.1. The van der Waals surface area contributed by atoms with Gasteiger partial charge in [0.1, 0.15) is 0 Å². The monoisotopic (exact) mass is 159 g/mol. The van der Waals surface area contributed by atoms with E-state index in [0.29, 0.717) is 0 Å². The van der Waals surface area contributed by atoms with Gasteiger partial charge in [0.25, 0.3) is 0 Å². The van der Waals surface area contributed by atoms with E-state index in [4.69, 9.17) is 0 Å². The number of nitrogens with one attached hydrogen (secondary N) is 1. The summed E-state index contributed by atoms with van der Waals surface area (Å²) < 4.78 is 0.